The number of carbonyl (C=O) groups excluding carboxylic acids is 1. The SMILES string of the molecule is O=C(NCCc1nc2ccccc2[nH]1)C1CCCO1. The Kier molecular flexibility index (Phi) is 3.46. The van der Waals surface area contributed by atoms with Crippen molar-refractivity contribution >= 4 is 16.9 Å². The molecule has 1 aliphatic heterocycles. The fraction of sp³-hybridized carbons (Fsp3) is 0.429. The minimum atomic E-state index is -0.254. The number of nitrogens with zero attached hydrogens (tertiary/aromatic N) is 1. The van der Waals surface area contributed by atoms with Crippen LogP contribution in [0.1, 0.15) is 18.7 Å². The second-order valence-corrected chi connectivity index (χ2v) is 4.74. The summed E-state index contributed by atoms with van der Waals surface area (Å²) in [5.41, 5.74) is 1.99. The van der Waals surface area contributed by atoms with E-state index in [1.54, 1.807) is 0 Å². The summed E-state index contributed by atoms with van der Waals surface area (Å²) in [6, 6.07) is 7.91. The van der Waals surface area contributed by atoms with Crippen molar-refractivity contribution < 1.29 is 9.53 Å². The third-order valence-corrected chi connectivity index (χ3v) is 3.32. The predicted molar refractivity (Wildman–Crippen MR) is 71.8 cm³/mol. The topological polar surface area (TPSA) is 67.0 Å². The first-order valence-corrected chi connectivity index (χ1v) is 6.66. The number of benzene rings is 1. The molecule has 5 heteroatoms. The van der Waals surface area contributed by atoms with E-state index in [-0.39, 0.29) is 12.0 Å². The first kappa shape index (κ1) is 12.2. The number of para-hydroxylation sites is 2. The second-order valence-electron chi connectivity index (χ2n) is 4.74. The van der Waals surface area contributed by atoms with Crippen molar-refractivity contribution in [2.45, 2.75) is 25.4 Å². The van der Waals surface area contributed by atoms with Gasteiger partial charge >= 0.3 is 0 Å². The largest absolute Gasteiger partial charge is 0.368 e. The number of fused-ring (bicyclic) bond motifs is 1. The Morgan fingerprint density at radius 3 is 3.16 bits per heavy atom. The summed E-state index contributed by atoms with van der Waals surface area (Å²) in [5, 5.41) is 2.89. The highest BCUT2D eigenvalue weighted by atomic mass is 16.5. The fourth-order valence-corrected chi connectivity index (χ4v) is 2.33. The summed E-state index contributed by atoms with van der Waals surface area (Å²) in [6.45, 7) is 1.28. The first-order valence-electron chi connectivity index (χ1n) is 6.66. The maximum atomic E-state index is 11.7. The molecule has 0 saturated carbocycles. The maximum Gasteiger partial charge on any atom is 0.249 e. The predicted octanol–water partition coefficient (Wildman–Crippen LogP) is 1.40. The Balaban J connectivity index is 1.53. The lowest BCUT2D eigenvalue weighted by Crippen LogP contribution is -2.35. The van der Waals surface area contributed by atoms with Crippen molar-refractivity contribution in [1.82, 2.24) is 15.3 Å². The van der Waals surface area contributed by atoms with Crippen LogP contribution in [-0.2, 0) is 16.0 Å². The van der Waals surface area contributed by atoms with E-state index in [0.29, 0.717) is 19.6 Å². The Morgan fingerprint density at radius 1 is 1.47 bits per heavy atom. The van der Waals surface area contributed by atoms with Gasteiger partial charge in [-0.1, -0.05) is 12.1 Å². The van der Waals surface area contributed by atoms with E-state index in [9.17, 15) is 4.79 Å². The molecule has 0 radical (unpaired) electrons. The van der Waals surface area contributed by atoms with Gasteiger partial charge in [-0.3, -0.25) is 4.79 Å². The Labute approximate surface area is 111 Å². The number of carbonyl (C=O) groups is 1. The van der Waals surface area contributed by atoms with E-state index >= 15 is 0 Å². The molecule has 0 spiro atoms. The van der Waals surface area contributed by atoms with E-state index in [0.717, 1.165) is 29.7 Å². The Bertz CT molecular complexity index is 540. The van der Waals surface area contributed by atoms with E-state index in [1.807, 2.05) is 24.3 Å². The zero-order valence-corrected chi connectivity index (χ0v) is 10.7. The summed E-state index contributed by atoms with van der Waals surface area (Å²) >= 11 is 0. The van der Waals surface area contributed by atoms with Crippen molar-refractivity contribution in [3.8, 4) is 0 Å². The van der Waals surface area contributed by atoms with Gasteiger partial charge in [0, 0.05) is 19.6 Å². The number of ether oxygens (including phenoxy) is 1. The summed E-state index contributed by atoms with van der Waals surface area (Å²) in [5.74, 6) is 0.891. The number of aromatic amines is 1. The van der Waals surface area contributed by atoms with Crippen LogP contribution in [0.15, 0.2) is 24.3 Å². The number of imidazole rings is 1. The fourth-order valence-electron chi connectivity index (χ4n) is 2.33. The molecule has 1 amide bonds. The molecule has 2 N–H and O–H groups in total. The van der Waals surface area contributed by atoms with Crippen LogP contribution in [0, 0.1) is 0 Å². The van der Waals surface area contributed by atoms with Crippen molar-refractivity contribution in [3.05, 3.63) is 30.1 Å². The number of hydrogen-bond acceptors (Lipinski definition) is 3. The van der Waals surface area contributed by atoms with E-state index < -0.39 is 0 Å². The van der Waals surface area contributed by atoms with Crippen LogP contribution in [-0.4, -0.2) is 35.1 Å². The van der Waals surface area contributed by atoms with Gasteiger partial charge in [-0.25, -0.2) is 4.98 Å². The van der Waals surface area contributed by atoms with Crippen molar-refractivity contribution in [1.29, 1.82) is 0 Å². The van der Waals surface area contributed by atoms with Crippen LogP contribution < -0.4 is 5.32 Å². The molecule has 5 nitrogen and oxygen atoms in total. The van der Waals surface area contributed by atoms with Gasteiger partial charge in [-0.15, -0.1) is 0 Å². The molecule has 1 fully saturated rings. The molecule has 0 aliphatic carbocycles. The van der Waals surface area contributed by atoms with Crippen molar-refractivity contribution in [2.24, 2.45) is 0 Å². The molecule has 100 valence electrons. The summed E-state index contributed by atoms with van der Waals surface area (Å²) in [4.78, 5) is 19.5. The molecule has 3 rings (SSSR count). The van der Waals surface area contributed by atoms with Gasteiger partial charge in [0.25, 0.3) is 0 Å². The van der Waals surface area contributed by atoms with Crippen LogP contribution in [0.3, 0.4) is 0 Å². The zero-order valence-electron chi connectivity index (χ0n) is 10.7. The molecule has 1 atom stereocenters. The maximum absolute atomic E-state index is 11.7. The zero-order chi connectivity index (χ0) is 13.1. The second kappa shape index (κ2) is 5.40. The number of H-pyrrole nitrogens is 1. The number of hydrogen-bond donors (Lipinski definition) is 2. The lowest BCUT2D eigenvalue weighted by molar-refractivity contribution is -0.129. The highest BCUT2D eigenvalue weighted by Gasteiger charge is 2.22. The van der Waals surface area contributed by atoms with E-state index in [4.69, 9.17) is 4.74 Å². The lowest BCUT2D eigenvalue weighted by atomic mass is 10.2. The summed E-state index contributed by atoms with van der Waals surface area (Å²) in [7, 11) is 0. The van der Waals surface area contributed by atoms with Crippen LogP contribution in [0.4, 0.5) is 0 Å². The highest BCUT2D eigenvalue weighted by molar-refractivity contribution is 5.81. The summed E-state index contributed by atoms with van der Waals surface area (Å²) < 4.78 is 5.33. The minimum absolute atomic E-state index is 0.00592. The van der Waals surface area contributed by atoms with Crippen LogP contribution >= 0.6 is 0 Å². The molecular weight excluding hydrogens is 242 g/mol. The first-order chi connectivity index (χ1) is 9.33. The quantitative estimate of drug-likeness (QED) is 0.872. The van der Waals surface area contributed by atoms with Crippen molar-refractivity contribution in [3.63, 3.8) is 0 Å². The van der Waals surface area contributed by atoms with Crippen LogP contribution in [0.2, 0.25) is 0 Å². The Hall–Kier alpha value is -1.88. The van der Waals surface area contributed by atoms with Gasteiger partial charge in [0.15, 0.2) is 0 Å². The molecule has 19 heavy (non-hydrogen) atoms. The standard InChI is InChI=1S/C14H17N3O2/c18-14(12-6-3-9-19-12)15-8-7-13-16-10-4-1-2-5-11(10)17-13/h1-2,4-5,12H,3,6-9H2,(H,15,18)(H,16,17). The van der Waals surface area contributed by atoms with Crippen LogP contribution in [0.5, 0.6) is 0 Å². The normalized spacial score (nSPS) is 18.8. The third-order valence-electron chi connectivity index (χ3n) is 3.32. The van der Waals surface area contributed by atoms with Crippen molar-refractivity contribution in [2.75, 3.05) is 13.2 Å². The number of aromatic nitrogens is 2. The van der Waals surface area contributed by atoms with Gasteiger partial charge in [0.1, 0.15) is 11.9 Å². The smallest absolute Gasteiger partial charge is 0.249 e. The molecule has 1 saturated heterocycles. The number of amides is 1. The molecule has 1 aromatic heterocycles. The van der Waals surface area contributed by atoms with Gasteiger partial charge in [-0.05, 0) is 25.0 Å². The van der Waals surface area contributed by atoms with E-state index in [2.05, 4.69) is 15.3 Å². The number of rotatable bonds is 4. The van der Waals surface area contributed by atoms with Gasteiger partial charge < -0.3 is 15.0 Å². The van der Waals surface area contributed by atoms with E-state index in [1.165, 1.54) is 0 Å². The molecule has 1 aromatic carbocycles. The average Bonchev–Trinajstić information content (AvgIpc) is 3.07. The monoisotopic (exact) mass is 259 g/mol. The van der Waals surface area contributed by atoms with Gasteiger partial charge in [-0.2, -0.15) is 0 Å². The van der Waals surface area contributed by atoms with Crippen LogP contribution in [0.25, 0.3) is 11.0 Å². The molecular formula is C14H17N3O2. The van der Waals surface area contributed by atoms with Gasteiger partial charge in [0.2, 0.25) is 5.91 Å². The lowest BCUT2D eigenvalue weighted by Gasteiger charge is -2.09. The minimum Gasteiger partial charge on any atom is -0.368 e. The molecule has 0 bridgehead atoms. The highest BCUT2D eigenvalue weighted by Crippen LogP contribution is 2.12. The average molecular weight is 259 g/mol. The third kappa shape index (κ3) is 2.76. The molecule has 1 aliphatic rings. The summed E-state index contributed by atoms with van der Waals surface area (Å²) in [6.07, 6.45) is 2.25. The van der Waals surface area contributed by atoms with Gasteiger partial charge in [0.05, 0.1) is 11.0 Å². The molecule has 2 heterocycles. The molecule has 1 unspecified atom stereocenters. The number of nitrogens with one attached hydrogen (secondary N) is 2. The Morgan fingerprint density at radius 2 is 2.37 bits per heavy atom. The molecule has 2 aromatic rings.